The molecule has 0 aromatic heterocycles. The normalized spacial score (nSPS) is 20.8. The lowest BCUT2D eigenvalue weighted by Gasteiger charge is -2.58. The Bertz CT molecular complexity index is 535. The van der Waals surface area contributed by atoms with E-state index in [1.54, 1.807) is 0 Å². The zero-order chi connectivity index (χ0) is 20.0. The van der Waals surface area contributed by atoms with Gasteiger partial charge in [-0.05, 0) is 43.8 Å². The monoisotopic (exact) mass is 383 g/mol. The second-order valence-electron chi connectivity index (χ2n) is 10.8. The Labute approximate surface area is 159 Å². The van der Waals surface area contributed by atoms with Crippen molar-refractivity contribution in [2.75, 3.05) is 0 Å². The first-order chi connectivity index (χ1) is 11.0. The molecule has 2 atom stereocenters. The summed E-state index contributed by atoms with van der Waals surface area (Å²) in [6.45, 7) is 26.9. The first-order valence-electron chi connectivity index (χ1n) is 9.67. The zero-order valence-corrected chi connectivity index (χ0v) is 20.9. The second kappa shape index (κ2) is 7.31. The van der Waals surface area contributed by atoms with Crippen molar-refractivity contribution >= 4 is 23.2 Å². The number of nitrogens with zero attached hydrogens (tertiary/aromatic N) is 1. The van der Waals surface area contributed by atoms with E-state index in [4.69, 9.17) is 4.43 Å². The van der Waals surface area contributed by atoms with Crippen molar-refractivity contribution in [1.82, 2.24) is 4.57 Å². The molecule has 1 aliphatic rings. The summed E-state index contributed by atoms with van der Waals surface area (Å²) < 4.78 is 8.78. The van der Waals surface area contributed by atoms with Gasteiger partial charge in [0.15, 0.2) is 17.3 Å². The van der Waals surface area contributed by atoms with Crippen LogP contribution in [-0.4, -0.2) is 39.9 Å². The number of hydrogen-bond donors (Lipinski definition) is 0. The van der Waals surface area contributed by atoms with E-state index in [2.05, 4.69) is 86.1 Å². The fourth-order valence-corrected chi connectivity index (χ4v) is 6.74. The molecule has 1 heterocycles. The minimum atomic E-state index is -1.94. The molecule has 0 bridgehead atoms. The molecule has 1 unspecified atom stereocenters. The molecule has 3 nitrogen and oxygen atoms in total. The van der Waals surface area contributed by atoms with Crippen LogP contribution in [0.1, 0.15) is 61.8 Å². The molecular weight excluding hydrogens is 342 g/mol. The lowest BCUT2D eigenvalue weighted by atomic mass is 9.81. The summed E-state index contributed by atoms with van der Waals surface area (Å²) in [5.41, 5.74) is 2.34. The van der Waals surface area contributed by atoms with Gasteiger partial charge in [-0.25, -0.2) is 0 Å². The highest BCUT2D eigenvalue weighted by molar-refractivity contribution is 6.80. The van der Waals surface area contributed by atoms with E-state index in [-0.39, 0.29) is 28.5 Å². The van der Waals surface area contributed by atoms with Gasteiger partial charge in [0.2, 0.25) is 5.91 Å². The first kappa shape index (κ1) is 22.6. The molecule has 1 fully saturated rings. The van der Waals surface area contributed by atoms with E-state index in [1.807, 2.05) is 0 Å². The highest BCUT2D eigenvalue weighted by Gasteiger charge is 2.57. The van der Waals surface area contributed by atoms with Crippen molar-refractivity contribution < 1.29 is 9.22 Å². The van der Waals surface area contributed by atoms with Crippen molar-refractivity contribution in [3.8, 4) is 0 Å². The number of amides is 1. The number of carbonyl (C=O) groups is 1. The summed E-state index contributed by atoms with van der Waals surface area (Å²) in [6.07, 6.45) is 1.10. The standard InChI is InChI=1S/C20H41NO2Si2/c1-14(2)16-17(15(23-24(9)10)13-19(3,4)5)21(18(16)22)25(11,12)20(6,7)8/h15,17,24H,13H2,1-12H3/t15?,17-/m0/s1. The molecule has 0 radical (unpaired) electrons. The van der Waals surface area contributed by atoms with Crippen molar-refractivity contribution in [3.63, 3.8) is 0 Å². The number of carbonyl (C=O) groups excluding carboxylic acids is 1. The summed E-state index contributed by atoms with van der Waals surface area (Å²) in [4.78, 5) is 13.1. The predicted molar refractivity (Wildman–Crippen MR) is 114 cm³/mol. The average Bonchev–Trinajstić information content (AvgIpc) is 2.29. The fourth-order valence-electron chi connectivity index (χ4n) is 3.46. The van der Waals surface area contributed by atoms with E-state index in [9.17, 15) is 4.79 Å². The molecular formula is C20H41NO2Si2. The molecule has 0 aromatic rings. The lowest BCUT2D eigenvalue weighted by Crippen LogP contribution is -2.73. The Hall–Kier alpha value is -0.396. The first-order valence-corrected chi connectivity index (χ1v) is 15.4. The van der Waals surface area contributed by atoms with Crippen molar-refractivity contribution in [2.45, 2.75) is 105 Å². The topological polar surface area (TPSA) is 29.5 Å². The zero-order valence-electron chi connectivity index (χ0n) is 18.7. The maximum atomic E-state index is 13.1. The molecule has 0 N–H and O–H groups in total. The Morgan fingerprint density at radius 1 is 1.16 bits per heavy atom. The molecule has 1 saturated heterocycles. The van der Waals surface area contributed by atoms with Gasteiger partial charge in [0.25, 0.3) is 0 Å². The third-order valence-corrected chi connectivity index (χ3v) is 11.9. The smallest absolute Gasteiger partial charge is 0.244 e. The summed E-state index contributed by atoms with van der Waals surface area (Å²) in [6, 6.07) is 0.132. The molecule has 1 aliphatic heterocycles. The van der Waals surface area contributed by atoms with Gasteiger partial charge in [0, 0.05) is 5.57 Å². The van der Waals surface area contributed by atoms with Gasteiger partial charge in [-0.1, -0.05) is 60.2 Å². The molecule has 1 amide bonds. The highest BCUT2D eigenvalue weighted by Crippen LogP contribution is 2.47. The van der Waals surface area contributed by atoms with Crippen LogP contribution < -0.4 is 0 Å². The number of β-lactam (4-membered cyclic amide) rings is 1. The van der Waals surface area contributed by atoms with Crippen LogP contribution >= 0.6 is 0 Å². The third kappa shape index (κ3) is 4.86. The van der Waals surface area contributed by atoms with Crippen molar-refractivity contribution in [1.29, 1.82) is 0 Å². The van der Waals surface area contributed by atoms with Crippen molar-refractivity contribution in [2.24, 2.45) is 5.41 Å². The molecule has 0 saturated carbocycles. The average molecular weight is 384 g/mol. The van der Waals surface area contributed by atoms with E-state index >= 15 is 0 Å². The van der Waals surface area contributed by atoms with Crippen LogP contribution in [0.3, 0.4) is 0 Å². The van der Waals surface area contributed by atoms with Gasteiger partial charge in [-0.2, -0.15) is 0 Å². The van der Waals surface area contributed by atoms with Gasteiger partial charge in [0.05, 0.1) is 12.1 Å². The molecule has 25 heavy (non-hydrogen) atoms. The third-order valence-electron chi connectivity index (χ3n) is 5.61. The summed E-state index contributed by atoms with van der Waals surface area (Å²) in [5.74, 6) is 0.254. The number of hydrogen-bond acceptors (Lipinski definition) is 2. The van der Waals surface area contributed by atoms with E-state index in [0.717, 1.165) is 17.6 Å². The van der Waals surface area contributed by atoms with Crippen LogP contribution in [0.5, 0.6) is 0 Å². The van der Waals surface area contributed by atoms with Gasteiger partial charge < -0.3 is 8.99 Å². The Balaban J connectivity index is 3.39. The minimum absolute atomic E-state index is 0.114. The van der Waals surface area contributed by atoms with E-state index < -0.39 is 17.3 Å². The SMILES string of the molecule is CC(C)=C1C(=O)N([Si](C)(C)C(C)(C)C)[C@H]1C(CC(C)(C)C)O[SiH](C)C. The second-order valence-corrected chi connectivity index (χ2v) is 18.3. The molecule has 5 heteroatoms. The number of rotatable bonds is 5. The van der Waals surface area contributed by atoms with Crippen LogP contribution in [0, 0.1) is 5.41 Å². The van der Waals surface area contributed by atoms with Crippen LogP contribution in [0.15, 0.2) is 11.1 Å². The van der Waals surface area contributed by atoms with Crippen LogP contribution in [0.25, 0.3) is 0 Å². The molecule has 0 aliphatic carbocycles. The largest absolute Gasteiger partial charge is 0.415 e. The van der Waals surface area contributed by atoms with Crippen LogP contribution in [0.2, 0.25) is 31.2 Å². The van der Waals surface area contributed by atoms with E-state index in [0.29, 0.717) is 0 Å². The molecule has 146 valence electrons. The maximum absolute atomic E-state index is 13.1. The quantitative estimate of drug-likeness (QED) is 0.364. The minimum Gasteiger partial charge on any atom is -0.415 e. The molecule has 0 spiro atoms. The van der Waals surface area contributed by atoms with Gasteiger partial charge in [0.1, 0.15) is 0 Å². The summed E-state index contributed by atoms with van der Waals surface area (Å²) in [5, 5.41) is 0.135. The van der Waals surface area contributed by atoms with Gasteiger partial charge >= 0.3 is 0 Å². The predicted octanol–water partition coefficient (Wildman–Crippen LogP) is 5.34. The molecule has 1 rings (SSSR count). The summed E-state index contributed by atoms with van der Waals surface area (Å²) in [7, 11) is -3.14. The Morgan fingerprint density at radius 2 is 1.64 bits per heavy atom. The maximum Gasteiger partial charge on any atom is 0.244 e. The van der Waals surface area contributed by atoms with E-state index in [1.165, 1.54) is 0 Å². The van der Waals surface area contributed by atoms with Gasteiger partial charge in [-0.3, -0.25) is 4.79 Å². The lowest BCUT2D eigenvalue weighted by molar-refractivity contribution is -0.134. The Morgan fingerprint density at radius 3 is 1.96 bits per heavy atom. The fraction of sp³-hybridized carbons (Fsp3) is 0.850. The van der Waals surface area contributed by atoms with Crippen LogP contribution in [-0.2, 0) is 9.22 Å². The van der Waals surface area contributed by atoms with Crippen molar-refractivity contribution in [3.05, 3.63) is 11.1 Å². The van der Waals surface area contributed by atoms with Crippen LogP contribution in [0.4, 0.5) is 0 Å². The Kier molecular flexibility index (Phi) is 6.63. The summed E-state index contributed by atoms with van der Waals surface area (Å²) >= 11 is 0. The highest BCUT2D eigenvalue weighted by atomic mass is 28.3. The van der Waals surface area contributed by atoms with Gasteiger partial charge in [-0.15, -0.1) is 0 Å². The number of allylic oxidation sites excluding steroid dienone is 1. The molecule has 0 aromatic carbocycles.